The second-order valence-corrected chi connectivity index (χ2v) is 4.64. The Morgan fingerprint density at radius 3 is 2.75 bits per heavy atom. The van der Waals surface area contributed by atoms with Gasteiger partial charge in [-0.15, -0.1) is 11.3 Å². The predicted molar refractivity (Wildman–Crippen MR) is 74.4 cm³/mol. The van der Waals surface area contributed by atoms with Crippen LogP contribution in [-0.2, 0) is 0 Å². The van der Waals surface area contributed by atoms with E-state index < -0.39 is 11.9 Å². The van der Waals surface area contributed by atoms with E-state index in [1.54, 1.807) is 0 Å². The smallest absolute Gasteiger partial charge is 0.339 e. The molecule has 1 aromatic heterocycles. The number of nitrogens with two attached hydrogens (primary N) is 1. The number of hydrogen-bond donors (Lipinski definition) is 3. The lowest BCUT2D eigenvalue weighted by molar-refractivity contribution is 0.0693. The van der Waals surface area contributed by atoms with Gasteiger partial charge in [-0.05, 0) is 12.1 Å². The molecule has 0 bridgehead atoms. The standard InChI is InChI=1S/C12H11N3O4S/c1-19-9-4-6(2-3-7(9)11(17)18)14-10(16)8-5-20-12(13)15-8/h2-5H,1H3,(H2,13,15)(H,14,16)(H,17,18). The molecular formula is C12H11N3O4S. The molecule has 2 rings (SSSR count). The summed E-state index contributed by atoms with van der Waals surface area (Å²) in [7, 11) is 1.36. The second kappa shape index (κ2) is 5.57. The van der Waals surface area contributed by atoms with Gasteiger partial charge in [0.15, 0.2) is 5.13 Å². The summed E-state index contributed by atoms with van der Waals surface area (Å²) in [6.07, 6.45) is 0. The first kappa shape index (κ1) is 13.8. The van der Waals surface area contributed by atoms with Crippen LogP contribution in [0.25, 0.3) is 0 Å². The van der Waals surface area contributed by atoms with Crippen molar-refractivity contribution in [2.24, 2.45) is 0 Å². The van der Waals surface area contributed by atoms with E-state index in [1.165, 1.54) is 30.7 Å². The maximum absolute atomic E-state index is 11.9. The number of methoxy groups -OCH3 is 1. The highest BCUT2D eigenvalue weighted by atomic mass is 32.1. The van der Waals surface area contributed by atoms with Crippen LogP contribution in [0.3, 0.4) is 0 Å². The maximum atomic E-state index is 11.9. The van der Waals surface area contributed by atoms with Gasteiger partial charge in [0.25, 0.3) is 5.91 Å². The maximum Gasteiger partial charge on any atom is 0.339 e. The van der Waals surface area contributed by atoms with E-state index in [4.69, 9.17) is 15.6 Å². The topological polar surface area (TPSA) is 115 Å². The number of thiazole rings is 1. The Balaban J connectivity index is 2.22. The molecule has 0 aliphatic rings. The van der Waals surface area contributed by atoms with Gasteiger partial charge in [-0.3, -0.25) is 4.79 Å². The minimum atomic E-state index is -1.10. The number of amides is 1. The summed E-state index contributed by atoms with van der Waals surface area (Å²) in [5, 5.41) is 13.4. The second-order valence-electron chi connectivity index (χ2n) is 3.75. The number of ether oxygens (including phenoxy) is 1. The first-order valence-electron chi connectivity index (χ1n) is 5.45. The molecule has 0 saturated carbocycles. The Morgan fingerprint density at radius 2 is 2.20 bits per heavy atom. The zero-order chi connectivity index (χ0) is 14.7. The highest BCUT2D eigenvalue weighted by Crippen LogP contribution is 2.23. The number of carboxylic acid groups (broad SMARTS) is 1. The third kappa shape index (κ3) is 2.86. The van der Waals surface area contributed by atoms with E-state index in [2.05, 4.69) is 10.3 Å². The molecule has 0 fully saturated rings. The van der Waals surface area contributed by atoms with Crippen molar-refractivity contribution in [1.29, 1.82) is 0 Å². The number of benzene rings is 1. The monoisotopic (exact) mass is 293 g/mol. The SMILES string of the molecule is COc1cc(NC(=O)c2csc(N)n2)ccc1C(=O)O. The fraction of sp³-hybridized carbons (Fsp3) is 0.0833. The van der Waals surface area contributed by atoms with Crippen molar-refractivity contribution in [3.8, 4) is 5.75 Å². The van der Waals surface area contributed by atoms with Crippen LogP contribution >= 0.6 is 11.3 Å². The molecule has 1 amide bonds. The van der Waals surface area contributed by atoms with Gasteiger partial charge in [-0.2, -0.15) is 0 Å². The summed E-state index contributed by atoms with van der Waals surface area (Å²) < 4.78 is 4.97. The van der Waals surface area contributed by atoms with Crippen molar-refractivity contribution in [2.75, 3.05) is 18.2 Å². The number of carboxylic acids is 1. The molecule has 104 valence electrons. The molecule has 0 aliphatic carbocycles. The third-order valence-corrected chi connectivity index (χ3v) is 3.12. The molecular weight excluding hydrogens is 282 g/mol. The number of rotatable bonds is 4. The minimum absolute atomic E-state index is 0.0170. The fourth-order valence-electron chi connectivity index (χ4n) is 1.53. The molecule has 0 saturated heterocycles. The van der Waals surface area contributed by atoms with Gasteiger partial charge < -0.3 is 20.9 Å². The predicted octanol–water partition coefficient (Wildman–Crippen LogP) is 1.68. The van der Waals surface area contributed by atoms with Crippen molar-refractivity contribution >= 4 is 34.0 Å². The molecule has 1 aromatic carbocycles. The number of carbonyl (C=O) groups is 2. The zero-order valence-electron chi connectivity index (χ0n) is 10.4. The van der Waals surface area contributed by atoms with Crippen LogP contribution in [0.5, 0.6) is 5.75 Å². The Kier molecular flexibility index (Phi) is 3.85. The molecule has 8 heteroatoms. The lowest BCUT2D eigenvalue weighted by Crippen LogP contribution is -2.13. The molecule has 2 aromatic rings. The Hall–Kier alpha value is -2.61. The molecule has 0 atom stereocenters. The molecule has 0 radical (unpaired) electrons. The summed E-state index contributed by atoms with van der Waals surface area (Å²) in [4.78, 5) is 26.7. The van der Waals surface area contributed by atoms with E-state index in [0.717, 1.165) is 11.3 Å². The largest absolute Gasteiger partial charge is 0.496 e. The molecule has 7 nitrogen and oxygen atoms in total. The summed E-state index contributed by atoms with van der Waals surface area (Å²) in [6.45, 7) is 0. The van der Waals surface area contributed by atoms with Crippen LogP contribution in [0.1, 0.15) is 20.8 Å². The normalized spacial score (nSPS) is 10.1. The van der Waals surface area contributed by atoms with Gasteiger partial charge in [0.1, 0.15) is 17.0 Å². The van der Waals surface area contributed by atoms with Crippen LogP contribution in [0.2, 0.25) is 0 Å². The number of aromatic carboxylic acids is 1. The van der Waals surface area contributed by atoms with Gasteiger partial charge in [0.2, 0.25) is 0 Å². The Morgan fingerprint density at radius 1 is 1.45 bits per heavy atom. The van der Waals surface area contributed by atoms with Crippen LogP contribution in [0, 0.1) is 0 Å². The molecule has 20 heavy (non-hydrogen) atoms. The van der Waals surface area contributed by atoms with Crippen molar-refractivity contribution in [3.05, 3.63) is 34.8 Å². The Labute approximate surface area is 118 Å². The molecule has 4 N–H and O–H groups in total. The van der Waals surface area contributed by atoms with E-state index in [-0.39, 0.29) is 17.0 Å². The fourth-order valence-corrected chi connectivity index (χ4v) is 2.08. The van der Waals surface area contributed by atoms with Gasteiger partial charge in [-0.1, -0.05) is 0 Å². The average molecular weight is 293 g/mol. The van der Waals surface area contributed by atoms with Crippen molar-refractivity contribution in [3.63, 3.8) is 0 Å². The average Bonchev–Trinajstić information content (AvgIpc) is 2.85. The summed E-state index contributed by atoms with van der Waals surface area (Å²) in [5.74, 6) is -1.37. The summed E-state index contributed by atoms with van der Waals surface area (Å²) in [5.41, 5.74) is 6.08. The number of anilines is 2. The van der Waals surface area contributed by atoms with Crippen LogP contribution in [0.15, 0.2) is 23.6 Å². The third-order valence-electron chi connectivity index (χ3n) is 2.44. The molecule has 0 aliphatic heterocycles. The van der Waals surface area contributed by atoms with Gasteiger partial charge in [0, 0.05) is 17.1 Å². The van der Waals surface area contributed by atoms with E-state index in [0.29, 0.717) is 10.8 Å². The summed E-state index contributed by atoms with van der Waals surface area (Å²) >= 11 is 1.16. The molecule has 0 spiro atoms. The molecule has 0 unspecified atom stereocenters. The van der Waals surface area contributed by atoms with Gasteiger partial charge in [0.05, 0.1) is 7.11 Å². The number of nitrogens with zero attached hydrogens (tertiary/aromatic N) is 1. The van der Waals surface area contributed by atoms with Crippen LogP contribution in [-0.4, -0.2) is 29.1 Å². The van der Waals surface area contributed by atoms with E-state index in [9.17, 15) is 9.59 Å². The first-order chi connectivity index (χ1) is 9.51. The lowest BCUT2D eigenvalue weighted by Gasteiger charge is -2.08. The highest BCUT2D eigenvalue weighted by molar-refractivity contribution is 7.13. The zero-order valence-corrected chi connectivity index (χ0v) is 11.2. The van der Waals surface area contributed by atoms with Gasteiger partial charge >= 0.3 is 5.97 Å². The molecule has 1 heterocycles. The van der Waals surface area contributed by atoms with Crippen molar-refractivity contribution in [1.82, 2.24) is 4.98 Å². The number of nitrogen functional groups attached to an aromatic ring is 1. The van der Waals surface area contributed by atoms with Crippen molar-refractivity contribution in [2.45, 2.75) is 0 Å². The first-order valence-corrected chi connectivity index (χ1v) is 6.33. The van der Waals surface area contributed by atoms with E-state index >= 15 is 0 Å². The van der Waals surface area contributed by atoms with Crippen LogP contribution in [0.4, 0.5) is 10.8 Å². The van der Waals surface area contributed by atoms with Crippen LogP contribution < -0.4 is 15.8 Å². The Bertz CT molecular complexity index is 668. The lowest BCUT2D eigenvalue weighted by atomic mass is 10.2. The number of carbonyl (C=O) groups excluding carboxylic acids is 1. The van der Waals surface area contributed by atoms with Crippen molar-refractivity contribution < 1.29 is 19.4 Å². The number of nitrogens with one attached hydrogen (secondary N) is 1. The number of aromatic nitrogens is 1. The van der Waals surface area contributed by atoms with Gasteiger partial charge in [-0.25, -0.2) is 9.78 Å². The highest BCUT2D eigenvalue weighted by Gasteiger charge is 2.14. The number of hydrogen-bond acceptors (Lipinski definition) is 6. The van der Waals surface area contributed by atoms with E-state index in [1.807, 2.05) is 0 Å². The quantitative estimate of drug-likeness (QED) is 0.790. The summed E-state index contributed by atoms with van der Waals surface area (Å²) in [6, 6.07) is 4.25. The minimum Gasteiger partial charge on any atom is -0.496 e.